The van der Waals surface area contributed by atoms with Gasteiger partial charge in [0.05, 0.1) is 0 Å². The maximum atomic E-state index is 5.90. The van der Waals surface area contributed by atoms with Crippen LogP contribution >= 0.6 is 0 Å². The zero-order valence-corrected chi connectivity index (χ0v) is 11.6. The summed E-state index contributed by atoms with van der Waals surface area (Å²) in [5.74, 6) is 0.491. The average molecular weight is 228 g/mol. The number of hydrogen-bond donors (Lipinski definition) is 0. The fourth-order valence-electron chi connectivity index (χ4n) is 3.27. The topological polar surface area (TPSA) is 18.5 Å². The molecule has 96 valence electrons. The van der Waals surface area contributed by atoms with E-state index in [4.69, 9.17) is 9.47 Å². The van der Waals surface area contributed by atoms with Crippen LogP contribution in [0.15, 0.2) is 0 Å². The molecule has 0 amide bonds. The summed E-state index contributed by atoms with van der Waals surface area (Å²) in [6, 6.07) is 0. The molecule has 0 aromatic carbocycles. The summed E-state index contributed by atoms with van der Waals surface area (Å²) in [7, 11) is 1.79. The van der Waals surface area contributed by atoms with Gasteiger partial charge in [-0.3, -0.25) is 0 Å². The van der Waals surface area contributed by atoms with Gasteiger partial charge in [-0.25, -0.2) is 0 Å². The second-order valence-electron chi connectivity index (χ2n) is 6.09. The molecule has 0 aromatic heterocycles. The van der Waals surface area contributed by atoms with Crippen LogP contribution in [0, 0.1) is 11.3 Å². The zero-order valence-electron chi connectivity index (χ0n) is 11.6. The van der Waals surface area contributed by atoms with Crippen LogP contribution in [0.25, 0.3) is 0 Å². The molecule has 1 aliphatic rings. The van der Waals surface area contributed by atoms with Gasteiger partial charge < -0.3 is 9.47 Å². The SMILES string of the molecule is CCOC1(OC)CCCC(C)CC(C)(C)C1. The van der Waals surface area contributed by atoms with E-state index < -0.39 is 0 Å². The largest absolute Gasteiger partial charge is 0.353 e. The van der Waals surface area contributed by atoms with Crippen molar-refractivity contribution in [3.8, 4) is 0 Å². The summed E-state index contributed by atoms with van der Waals surface area (Å²) in [6.07, 6.45) is 5.82. The van der Waals surface area contributed by atoms with E-state index in [1.54, 1.807) is 7.11 Å². The Bertz CT molecular complexity index is 213. The summed E-state index contributed by atoms with van der Waals surface area (Å²) in [5, 5.41) is 0. The van der Waals surface area contributed by atoms with E-state index in [2.05, 4.69) is 27.7 Å². The van der Waals surface area contributed by atoms with E-state index in [9.17, 15) is 0 Å². The van der Waals surface area contributed by atoms with Crippen molar-refractivity contribution in [3.05, 3.63) is 0 Å². The summed E-state index contributed by atoms with van der Waals surface area (Å²) in [6.45, 7) is 9.82. The quantitative estimate of drug-likeness (QED) is 0.680. The minimum Gasteiger partial charge on any atom is -0.353 e. The fraction of sp³-hybridized carbons (Fsp3) is 1.00. The predicted molar refractivity (Wildman–Crippen MR) is 67.4 cm³/mol. The van der Waals surface area contributed by atoms with Gasteiger partial charge in [0.25, 0.3) is 0 Å². The van der Waals surface area contributed by atoms with E-state index in [1.165, 1.54) is 19.3 Å². The van der Waals surface area contributed by atoms with Crippen molar-refractivity contribution in [3.63, 3.8) is 0 Å². The van der Waals surface area contributed by atoms with Gasteiger partial charge in [-0.2, -0.15) is 0 Å². The Kier molecular flexibility index (Phi) is 4.81. The van der Waals surface area contributed by atoms with Crippen molar-refractivity contribution in [1.82, 2.24) is 0 Å². The molecule has 2 nitrogen and oxygen atoms in total. The van der Waals surface area contributed by atoms with Crippen LogP contribution in [0.3, 0.4) is 0 Å². The van der Waals surface area contributed by atoms with Crippen molar-refractivity contribution < 1.29 is 9.47 Å². The summed E-state index contributed by atoms with van der Waals surface area (Å²) in [5.41, 5.74) is 0.311. The van der Waals surface area contributed by atoms with Gasteiger partial charge in [-0.15, -0.1) is 0 Å². The van der Waals surface area contributed by atoms with E-state index in [0.717, 1.165) is 25.4 Å². The van der Waals surface area contributed by atoms with Crippen molar-refractivity contribution in [1.29, 1.82) is 0 Å². The molecule has 0 heterocycles. The second-order valence-corrected chi connectivity index (χ2v) is 6.09. The highest BCUT2D eigenvalue weighted by atomic mass is 16.7. The molecule has 0 N–H and O–H groups in total. The minimum atomic E-state index is -0.335. The molecule has 16 heavy (non-hydrogen) atoms. The van der Waals surface area contributed by atoms with Crippen molar-refractivity contribution >= 4 is 0 Å². The maximum Gasteiger partial charge on any atom is 0.168 e. The molecule has 1 fully saturated rings. The molecule has 1 rings (SSSR count). The summed E-state index contributed by atoms with van der Waals surface area (Å²) in [4.78, 5) is 0. The Hall–Kier alpha value is -0.0800. The van der Waals surface area contributed by atoms with Crippen molar-refractivity contribution in [2.24, 2.45) is 11.3 Å². The normalized spacial score (nSPS) is 35.4. The van der Waals surface area contributed by atoms with Crippen molar-refractivity contribution in [2.45, 2.75) is 65.6 Å². The molecule has 0 spiro atoms. The molecule has 0 radical (unpaired) electrons. The van der Waals surface area contributed by atoms with Gasteiger partial charge >= 0.3 is 0 Å². The van der Waals surface area contributed by atoms with Gasteiger partial charge in [0.15, 0.2) is 5.79 Å². The van der Waals surface area contributed by atoms with Crippen molar-refractivity contribution in [2.75, 3.05) is 13.7 Å². The number of methoxy groups -OCH3 is 1. The van der Waals surface area contributed by atoms with E-state index in [-0.39, 0.29) is 5.79 Å². The predicted octanol–water partition coefficient (Wildman–Crippen LogP) is 3.99. The van der Waals surface area contributed by atoms with Crippen LogP contribution in [-0.4, -0.2) is 19.5 Å². The molecule has 2 heteroatoms. The third kappa shape index (κ3) is 3.74. The van der Waals surface area contributed by atoms with Gasteiger partial charge in [0.2, 0.25) is 0 Å². The highest BCUT2D eigenvalue weighted by Crippen LogP contribution is 2.42. The Balaban J connectivity index is 2.77. The highest BCUT2D eigenvalue weighted by Gasteiger charge is 2.39. The monoisotopic (exact) mass is 228 g/mol. The van der Waals surface area contributed by atoms with E-state index >= 15 is 0 Å². The van der Waals surface area contributed by atoms with E-state index in [1.807, 2.05) is 0 Å². The molecule has 1 saturated carbocycles. The number of hydrogen-bond acceptors (Lipinski definition) is 2. The summed E-state index contributed by atoms with van der Waals surface area (Å²) < 4.78 is 11.6. The Labute approximate surface area is 101 Å². The van der Waals surface area contributed by atoms with E-state index in [0.29, 0.717) is 5.41 Å². The minimum absolute atomic E-state index is 0.311. The first-order chi connectivity index (χ1) is 7.43. The average Bonchev–Trinajstić information content (AvgIpc) is 2.14. The molecule has 0 aromatic rings. The fourth-order valence-corrected chi connectivity index (χ4v) is 3.27. The van der Waals surface area contributed by atoms with Crippen LogP contribution in [0.2, 0.25) is 0 Å². The third-order valence-electron chi connectivity index (χ3n) is 3.68. The van der Waals surface area contributed by atoms with Crippen LogP contribution in [-0.2, 0) is 9.47 Å². The van der Waals surface area contributed by atoms with Gasteiger partial charge in [0.1, 0.15) is 0 Å². The Morgan fingerprint density at radius 2 is 2.00 bits per heavy atom. The molecule has 2 unspecified atom stereocenters. The lowest BCUT2D eigenvalue weighted by molar-refractivity contribution is -0.244. The lowest BCUT2D eigenvalue weighted by atomic mass is 9.73. The molecule has 0 saturated heterocycles. The summed E-state index contributed by atoms with van der Waals surface area (Å²) >= 11 is 0. The first-order valence-corrected chi connectivity index (χ1v) is 6.62. The molecule has 0 bridgehead atoms. The smallest absolute Gasteiger partial charge is 0.168 e. The molecule has 1 aliphatic carbocycles. The Morgan fingerprint density at radius 1 is 1.31 bits per heavy atom. The lowest BCUT2D eigenvalue weighted by Gasteiger charge is -2.42. The highest BCUT2D eigenvalue weighted by molar-refractivity contribution is 4.84. The molecule has 2 atom stereocenters. The molecular weight excluding hydrogens is 200 g/mol. The van der Waals surface area contributed by atoms with Gasteiger partial charge in [-0.1, -0.05) is 27.2 Å². The first kappa shape index (κ1) is 14.0. The number of ether oxygens (including phenoxy) is 2. The van der Waals surface area contributed by atoms with Gasteiger partial charge in [-0.05, 0) is 31.1 Å². The second kappa shape index (κ2) is 5.50. The van der Waals surface area contributed by atoms with Crippen LogP contribution < -0.4 is 0 Å². The maximum absolute atomic E-state index is 5.90. The molecular formula is C14H28O2. The van der Waals surface area contributed by atoms with Crippen LogP contribution in [0.5, 0.6) is 0 Å². The third-order valence-corrected chi connectivity index (χ3v) is 3.68. The van der Waals surface area contributed by atoms with Crippen LogP contribution in [0.1, 0.15) is 59.8 Å². The zero-order chi connectivity index (χ0) is 12.2. The lowest BCUT2D eigenvalue weighted by Crippen LogP contribution is -2.41. The van der Waals surface area contributed by atoms with Crippen LogP contribution in [0.4, 0.5) is 0 Å². The standard InChI is InChI=1S/C14H28O2/c1-6-16-14(15-5)9-7-8-12(2)10-13(3,4)11-14/h12H,6-11H2,1-5H3. The van der Waals surface area contributed by atoms with Gasteiger partial charge in [0, 0.05) is 26.6 Å². The number of rotatable bonds is 3. The first-order valence-electron chi connectivity index (χ1n) is 6.62. The molecule has 0 aliphatic heterocycles. The Morgan fingerprint density at radius 3 is 2.56 bits per heavy atom.